The lowest BCUT2D eigenvalue weighted by atomic mass is 9.99. The van der Waals surface area contributed by atoms with Crippen molar-refractivity contribution in [3.8, 4) is 0 Å². The minimum atomic E-state index is -4.96. The highest BCUT2D eigenvalue weighted by Gasteiger charge is 2.30. The van der Waals surface area contributed by atoms with Crippen LogP contribution in [0.25, 0.3) is 0 Å². The van der Waals surface area contributed by atoms with Gasteiger partial charge in [-0.1, -0.05) is 331 Å². The molecular weight excluding hydrogens is 1250 g/mol. The van der Waals surface area contributed by atoms with Crippen LogP contribution >= 0.6 is 15.6 Å². The molecule has 0 aromatic carbocycles. The van der Waals surface area contributed by atoms with Crippen LogP contribution in [-0.2, 0) is 65.4 Å². The molecule has 0 aliphatic carbocycles. The van der Waals surface area contributed by atoms with Crippen molar-refractivity contribution >= 4 is 39.5 Å². The third-order valence-corrected chi connectivity index (χ3v) is 20.6. The monoisotopic (exact) mass is 1400 g/mol. The van der Waals surface area contributed by atoms with E-state index in [0.717, 1.165) is 114 Å². The number of phosphoric acid groups is 2. The smallest absolute Gasteiger partial charge is 0.462 e. The third-order valence-electron chi connectivity index (χ3n) is 18.7. The van der Waals surface area contributed by atoms with Crippen molar-refractivity contribution < 1.29 is 80.2 Å². The quantitative estimate of drug-likeness (QED) is 0.0222. The molecule has 0 radical (unpaired) electrons. The number of ether oxygens (including phenoxy) is 4. The number of phosphoric ester groups is 2. The third kappa shape index (κ3) is 66.4. The van der Waals surface area contributed by atoms with E-state index in [-0.39, 0.29) is 25.7 Å². The van der Waals surface area contributed by atoms with Gasteiger partial charge in [-0.05, 0) is 49.4 Å². The second-order valence-electron chi connectivity index (χ2n) is 28.6. The number of aliphatic hydroxyl groups excluding tert-OH is 1. The minimum absolute atomic E-state index is 0.102. The molecule has 564 valence electrons. The average Bonchev–Trinajstić information content (AvgIpc) is 1.43. The number of aliphatic hydroxyl groups is 1. The van der Waals surface area contributed by atoms with E-state index in [0.29, 0.717) is 25.7 Å². The molecule has 8 atom stereocenters. The first kappa shape index (κ1) is 93.1. The van der Waals surface area contributed by atoms with Crippen LogP contribution in [-0.4, -0.2) is 96.7 Å². The molecule has 0 aliphatic heterocycles. The number of hydrogen-bond acceptors (Lipinski definition) is 15. The van der Waals surface area contributed by atoms with Crippen LogP contribution in [0.2, 0.25) is 0 Å². The predicted molar refractivity (Wildman–Crippen MR) is 386 cm³/mol. The van der Waals surface area contributed by atoms with E-state index in [2.05, 4.69) is 55.4 Å². The van der Waals surface area contributed by atoms with Crippen LogP contribution in [0.5, 0.6) is 0 Å². The molecule has 0 heterocycles. The van der Waals surface area contributed by atoms with Crippen molar-refractivity contribution in [2.24, 2.45) is 23.7 Å². The number of hydrogen-bond donors (Lipinski definition) is 3. The van der Waals surface area contributed by atoms with Gasteiger partial charge in [-0.2, -0.15) is 0 Å². The van der Waals surface area contributed by atoms with E-state index in [9.17, 15) is 43.2 Å². The first-order valence-electron chi connectivity index (χ1n) is 39.3. The van der Waals surface area contributed by atoms with E-state index < -0.39 is 97.5 Å². The zero-order valence-electron chi connectivity index (χ0n) is 62.3. The Labute approximate surface area is 581 Å². The summed E-state index contributed by atoms with van der Waals surface area (Å²) in [6.45, 7) is 14.2. The van der Waals surface area contributed by atoms with Gasteiger partial charge in [0.2, 0.25) is 0 Å². The summed E-state index contributed by atoms with van der Waals surface area (Å²) in [6, 6.07) is 0. The molecule has 0 saturated heterocycles. The number of carbonyl (C=O) groups is 4. The summed E-state index contributed by atoms with van der Waals surface area (Å²) in [4.78, 5) is 72.7. The highest BCUT2D eigenvalue weighted by atomic mass is 31.2. The molecule has 0 aromatic heterocycles. The summed E-state index contributed by atoms with van der Waals surface area (Å²) in [5.41, 5.74) is 0. The fourth-order valence-corrected chi connectivity index (χ4v) is 13.0. The van der Waals surface area contributed by atoms with Crippen molar-refractivity contribution in [2.75, 3.05) is 39.6 Å². The van der Waals surface area contributed by atoms with Gasteiger partial charge in [-0.15, -0.1) is 0 Å². The Morgan fingerprint density at radius 1 is 0.295 bits per heavy atom. The van der Waals surface area contributed by atoms with Crippen LogP contribution in [0.3, 0.4) is 0 Å². The van der Waals surface area contributed by atoms with Gasteiger partial charge in [0.1, 0.15) is 19.3 Å². The van der Waals surface area contributed by atoms with Crippen LogP contribution in [0.4, 0.5) is 0 Å². The largest absolute Gasteiger partial charge is 0.472 e. The fraction of sp³-hybridized carbons (Fsp3) is 0.947. The Morgan fingerprint density at radius 3 is 0.747 bits per heavy atom. The Balaban J connectivity index is 5.16. The summed E-state index contributed by atoms with van der Waals surface area (Å²) < 4.78 is 68.4. The second kappa shape index (κ2) is 65.4. The Bertz CT molecular complexity index is 1870. The van der Waals surface area contributed by atoms with Gasteiger partial charge in [-0.3, -0.25) is 37.3 Å². The van der Waals surface area contributed by atoms with Gasteiger partial charge in [0.15, 0.2) is 12.2 Å². The first-order valence-corrected chi connectivity index (χ1v) is 42.3. The summed E-state index contributed by atoms with van der Waals surface area (Å²) in [5, 5.41) is 10.6. The highest BCUT2D eigenvalue weighted by molar-refractivity contribution is 7.47. The standard InChI is InChI=1S/C76H148O17P2/c1-9-67(6)53-45-37-29-22-20-18-16-14-12-13-15-17-19-21-23-31-40-48-56-73(78)86-62-71(92-75(80)58-50-42-33-27-25-30-38-46-54-68(7)10-2)64-90-94(82,83)88-60-70(77)61-89-95(84,85)91-65-72(93-76(81)59-51-43-35-34-39-47-55-69(8)11-3)63-87-74(79)57-49-41-32-26-24-28-36-44-52-66(4)5/h66-72,77H,9-65H2,1-8H3,(H,82,83)(H,84,85)/t67?,68?,69?,70?,71-,72-/m1/s1. The molecule has 0 aromatic rings. The molecule has 0 aliphatic rings. The zero-order valence-corrected chi connectivity index (χ0v) is 64.1. The Kier molecular flexibility index (Phi) is 64.0. The van der Waals surface area contributed by atoms with Crippen molar-refractivity contribution in [1.29, 1.82) is 0 Å². The van der Waals surface area contributed by atoms with E-state index in [1.165, 1.54) is 186 Å². The van der Waals surface area contributed by atoms with Gasteiger partial charge >= 0.3 is 39.5 Å². The van der Waals surface area contributed by atoms with Crippen molar-refractivity contribution in [3.63, 3.8) is 0 Å². The van der Waals surface area contributed by atoms with Crippen molar-refractivity contribution in [2.45, 2.75) is 401 Å². The number of unbranched alkanes of at least 4 members (excludes halogenated alkanes) is 36. The molecule has 17 nitrogen and oxygen atoms in total. The maximum atomic E-state index is 13.1. The SMILES string of the molecule is CCC(C)CCCCCCCCCCCCCCCCCCCCC(=O)OC[C@H](COP(=O)(O)OCC(O)COP(=O)(O)OC[C@@H](COC(=O)CCCCCCCCCCC(C)C)OC(=O)CCCCCCCCC(C)CC)OC(=O)CCCCCCCCCCC(C)CC. The molecular formula is C76H148O17P2. The van der Waals surface area contributed by atoms with Crippen LogP contribution < -0.4 is 0 Å². The van der Waals surface area contributed by atoms with Crippen LogP contribution in [0.1, 0.15) is 383 Å². The first-order chi connectivity index (χ1) is 45.7. The van der Waals surface area contributed by atoms with Crippen LogP contribution in [0.15, 0.2) is 0 Å². The molecule has 0 bridgehead atoms. The Morgan fingerprint density at radius 2 is 0.505 bits per heavy atom. The average molecular weight is 1400 g/mol. The van der Waals surface area contributed by atoms with Gasteiger partial charge in [0.25, 0.3) is 0 Å². The van der Waals surface area contributed by atoms with Crippen LogP contribution in [0, 0.1) is 23.7 Å². The van der Waals surface area contributed by atoms with Crippen molar-refractivity contribution in [1.82, 2.24) is 0 Å². The highest BCUT2D eigenvalue weighted by Crippen LogP contribution is 2.45. The van der Waals surface area contributed by atoms with Crippen molar-refractivity contribution in [3.05, 3.63) is 0 Å². The second-order valence-corrected chi connectivity index (χ2v) is 31.5. The predicted octanol–water partition coefficient (Wildman–Crippen LogP) is 22.0. The minimum Gasteiger partial charge on any atom is -0.462 e. The van der Waals surface area contributed by atoms with E-state index in [1.807, 2.05) is 0 Å². The molecule has 0 spiro atoms. The molecule has 95 heavy (non-hydrogen) atoms. The molecule has 0 rings (SSSR count). The number of esters is 4. The molecule has 19 heteroatoms. The van der Waals surface area contributed by atoms with E-state index in [4.69, 9.17) is 37.0 Å². The Hall–Kier alpha value is -1.94. The zero-order chi connectivity index (χ0) is 70.3. The summed E-state index contributed by atoms with van der Waals surface area (Å²) in [7, 11) is -9.91. The molecule has 0 saturated carbocycles. The fourth-order valence-electron chi connectivity index (χ4n) is 11.5. The van der Waals surface area contributed by atoms with E-state index >= 15 is 0 Å². The normalized spacial score (nSPS) is 15.0. The maximum Gasteiger partial charge on any atom is 0.472 e. The van der Waals surface area contributed by atoms with Gasteiger partial charge in [0.05, 0.1) is 26.4 Å². The topological polar surface area (TPSA) is 237 Å². The van der Waals surface area contributed by atoms with Gasteiger partial charge < -0.3 is 33.8 Å². The lowest BCUT2D eigenvalue weighted by Gasteiger charge is -2.21. The summed E-state index contributed by atoms with van der Waals surface area (Å²) >= 11 is 0. The molecule has 0 fully saturated rings. The number of rotatable bonds is 73. The number of carbonyl (C=O) groups excluding carboxylic acids is 4. The van der Waals surface area contributed by atoms with Gasteiger partial charge in [-0.25, -0.2) is 9.13 Å². The maximum absolute atomic E-state index is 13.1. The molecule has 0 amide bonds. The molecule has 3 N–H and O–H groups in total. The lowest BCUT2D eigenvalue weighted by Crippen LogP contribution is -2.30. The van der Waals surface area contributed by atoms with Gasteiger partial charge in [0, 0.05) is 25.7 Å². The summed E-state index contributed by atoms with van der Waals surface area (Å²) in [5.74, 6) is 0.962. The summed E-state index contributed by atoms with van der Waals surface area (Å²) in [6.07, 6.45) is 50.1. The lowest BCUT2D eigenvalue weighted by molar-refractivity contribution is -0.161. The van der Waals surface area contributed by atoms with E-state index in [1.54, 1.807) is 0 Å². The molecule has 6 unspecified atom stereocenters.